The maximum atomic E-state index is 11.6. The number of nitrogens with one attached hydrogen (secondary N) is 1. The molecule has 0 aliphatic carbocycles. The van der Waals surface area contributed by atoms with Crippen molar-refractivity contribution in [2.45, 2.75) is 13.5 Å². The molecule has 0 bridgehead atoms. The summed E-state index contributed by atoms with van der Waals surface area (Å²) in [5.74, 6) is -1.04. The third-order valence-corrected chi connectivity index (χ3v) is 3.00. The second kappa shape index (κ2) is 6.31. The van der Waals surface area contributed by atoms with E-state index in [1.165, 1.54) is 18.4 Å². The van der Waals surface area contributed by atoms with Gasteiger partial charge in [-0.15, -0.1) is 11.3 Å². The molecule has 1 unspecified atom stereocenters. The highest BCUT2D eigenvalue weighted by molar-refractivity contribution is 7.09. The first kappa shape index (κ1) is 13.6. The average Bonchev–Trinajstić information content (AvgIpc) is 2.83. The van der Waals surface area contributed by atoms with Crippen molar-refractivity contribution in [2.75, 3.05) is 13.7 Å². The Bertz CT molecular complexity index is 405. The van der Waals surface area contributed by atoms with E-state index < -0.39 is 0 Å². The molecule has 3 N–H and O–H groups in total. The van der Waals surface area contributed by atoms with E-state index in [1.807, 2.05) is 0 Å². The van der Waals surface area contributed by atoms with E-state index in [9.17, 15) is 9.59 Å². The molecule has 94 valence electrons. The van der Waals surface area contributed by atoms with E-state index >= 15 is 0 Å². The predicted molar refractivity (Wildman–Crippen MR) is 63.5 cm³/mol. The van der Waals surface area contributed by atoms with Gasteiger partial charge in [0.15, 0.2) is 0 Å². The fourth-order valence-electron chi connectivity index (χ4n) is 1.13. The van der Waals surface area contributed by atoms with Crippen molar-refractivity contribution in [2.24, 2.45) is 11.7 Å². The lowest BCUT2D eigenvalue weighted by atomic mass is 10.2. The zero-order valence-electron chi connectivity index (χ0n) is 9.73. The number of carbonyl (C=O) groups excluding carboxylic acids is 2. The molecule has 17 heavy (non-hydrogen) atoms. The SMILES string of the molecule is COC(=O)C(C)CNC(=O)c1csc(CN)n1. The summed E-state index contributed by atoms with van der Waals surface area (Å²) in [6.45, 7) is 2.22. The van der Waals surface area contributed by atoms with Crippen LogP contribution in [0.2, 0.25) is 0 Å². The van der Waals surface area contributed by atoms with Crippen LogP contribution in [0.25, 0.3) is 0 Å². The van der Waals surface area contributed by atoms with Crippen LogP contribution in [0.15, 0.2) is 5.38 Å². The zero-order chi connectivity index (χ0) is 12.8. The third kappa shape index (κ3) is 3.79. The standard InChI is InChI=1S/C10H15N3O3S/c1-6(10(15)16-2)4-12-9(14)7-5-17-8(3-11)13-7/h5-6H,3-4,11H2,1-2H3,(H,12,14). The van der Waals surface area contributed by atoms with Gasteiger partial charge < -0.3 is 15.8 Å². The van der Waals surface area contributed by atoms with Crippen molar-refractivity contribution in [1.82, 2.24) is 10.3 Å². The minimum absolute atomic E-state index is 0.223. The summed E-state index contributed by atoms with van der Waals surface area (Å²) in [7, 11) is 1.31. The first-order valence-corrected chi connectivity index (χ1v) is 5.97. The highest BCUT2D eigenvalue weighted by Crippen LogP contribution is 2.08. The number of amides is 1. The molecule has 1 aromatic heterocycles. The van der Waals surface area contributed by atoms with Gasteiger partial charge in [0, 0.05) is 18.5 Å². The predicted octanol–water partition coefficient (Wildman–Crippen LogP) is 0.141. The molecule has 0 aromatic carbocycles. The van der Waals surface area contributed by atoms with E-state index in [1.54, 1.807) is 12.3 Å². The Morgan fingerprint density at radius 1 is 1.65 bits per heavy atom. The fraction of sp³-hybridized carbons (Fsp3) is 0.500. The lowest BCUT2D eigenvalue weighted by Crippen LogP contribution is -2.32. The average molecular weight is 257 g/mol. The van der Waals surface area contributed by atoms with Crippen molar-refractivity contribution in [1.29, 1.82) is 0 Å². The van der Waals surface area contributed by atoms with Crippen molar-refractivity contribution in [3.8, 4) is 0 Å². The van der Waals surface area contributed by atoms with Crippen LogP contribution < -0.4 is 11.1 Å². The molecule has 0 fully saturated rings. The van der Waals surface area contributed by atoms with E-state index in [0.717, 1.165) is 0 Å². The Morgan fingerprint density at radius 2 is 2.35 bits per heavy atom. The molecule has 7 heteroatoms. The number of thiazole rings is 1. The summed E-state index contributed by atoms with van der Waals surface area (Å²) in [4.78, 5) is 26.8. The number of rotatable bonds is 5. The summed E-state index contributed by atoms with van der Waals surface area (Å²) in [6.07, 6.45) is 0. The topological polar surface area (TPSA) is 94.3 Å². The van der Waals surface area contributed by atoms with Gasteiger partial charge in [-0.3, -0.25) is 9.59 Å². The van der Waals surface area contributed by atoms with E-state index in [4.69, 9.17) is 5.73 Å². The molecular weight excluding hydrogens is 242 g/mol. The van der Waals surface area contributed by atoms with Gasteiger partial charge >= 0.3 is 5.97 Å². The maximum Gasteiger partial charge on any atom is 0.310 e. The van der Waals surface area contributed by atoms with Crippen LogP contribution in [-0.2, 0) is 16.1 Å². The third-order valence-electron chi connectivity index (χ3n) is 2.13. The van der Waals surface area contributed by atoms with Crippen LogP contribution >= 0.6 is 11.3 Å². The Hall–Kier alpha value is -1.47. The van der Waals surface area contributed by atoms with Crippen LogP contribution in [0, 0.1) is 5.92 Å². The number of hydrogen-bond donors (Lipinski definition) is 2. The molecule has 1 atom stereocenters. The molecule has 1 amide bonds. The molecule has 0 saturated carbocycles. The summed E-state index contributed by atoms with van der Waals surface area (Å²) in [6, 6.07) is 0. The number of hydrogen-bond acceptors (Lipinski definition) is 6. The smallest absolute Gasteiger partial charge is 0.310 e. The quantitative estimate of drug-likeness (QED) is 0.732. The minimum Gasteiger partial charge on any atom is -0.469 e. The van der Waals surface area contributed by atoms with Gasteiger partial charge in [-0.05, 0) is 0 Å². The van der Waals surface area contributed by atoms with Gasteiger partial charge in [0.05, 0.1) is 13.0 Å². The van der Waals surface area contributed by atoms with Crippen molar-refractivity contribution in [3.63, 3.8) is 0 Å². The molecule has 0 spiro atoms. The van der Waals surface area contributed by atoms with Gasteiger partial charge in [-0.25, -0.2) is 4.98 Å². The first-order chi connectivity index (χ1) is 8.08. The number of ether oxygens (including phenoxy) is 1. The number of aromatic nitrogens is 1. The molecule has 0 radical (unpaired) electrons. The van der Waals surface area contributed by atoms with Crippen molar-refractivity contribution < 1.29 is 14.3 Å². The number of nitrogens with zero attached hydrogens (tertiary/aromatic N) is 1. The highest BCUT2D eigenvalue weighted by atomic mass is 32.1. The number of nitrogens with two attached hydrogens (primary N) is 1. The highest BCUT2D eigenvalue weighted by Gasteiger charge is 2.16. The van der Waals surface area contributed by atoms with Crippen molar-refractivity contribution in [3.05, 3.63) is 16.1 Å². The largest absolute Gasteiger partial charge is 0.469 e. The minimum atomic E-state index is -0.378. The Balaban J connectivity index is 2.47. The fourth-order valence-corrected chi connectivity index (χ4v) is 1.78. The van der Waals surface area contributed by atoms with Gasteiger partial charge in [0.1, 0.15) is 10.7 Å². The van der Waals surface area contributed by atoms with Gasteiger partial charge in [-0.1, -0.05) is 6.92 Å². The van der Waals surface area contributed by atoms with Crippen LogP contribution in [-0.4, -0.2) is 30.5 Å². The van der Waals surface area contributed by atoms with E-state index in [2.05, 4.69) is 15.0 Å². The molecule has 0 aliphatic rings. The zero-order valence-corrected chi connectivity index (χ0v) is 10.5. The molecule has 6 nitrogen and oxygen atoms in total. The molecule has 0 aliphatic heterocycles. The summed E-state index contributed by atoms with van der Waals surface area (Å²) in [5.41, 5.74) is 5.72. The number of esters is 1. The number of carbonyl (C=O) groups is 2. The van der Waals surface area contributed by atoms with Crippen LogP contribution in [0.4, 0.5) is 0 Å². The van der Waals surface area contributed by atoms with Gasteiger partial charge in [-0.2, -0.15) is 0 Å². The second-order valence-electron chi connectivity index (χ2n) is 3.46. The number of methoxy groups -OCH3 is 1. The normalized spacial score (nSPS) is 11.9. The van der Waals surface area contributed by atoms with E-state index in [0.29, 0.717) is 17.2 Å². The monoisotopic (exact) mass is 257 g/mol. The van der Waals surface area contributed by atoms with E-state index in [-0.39, 0.29) is 24.3 Å². The van der Waals surface area contributed by atoms with Crippen molar-refractivity contribution >= 4 is 23.2 Å². The molecular formula is C10H15N3O3S. The first-order valence-electron chi connectivity index (χ1n) is 5.09. The lowest BCUT2D eigenvalue weighted by Gasteiger charge is -2.09. The molecule has 1 rings (SSSR count). The lowest BCUT2D eigenvalue weighted by molar-refractivity contribution is -0.144. The Labute approximate surface area is 103 Å². The van der Waals surface area contributed by atoms with Crippen LogP contribution in [0.3, 0.4) is 0 Å². The van der Waals surface area contributed by atoms with Gasteiger partial charge in [0.2, 0.25) is 0 Å². The summed E-state index contributed by atoms with van der Waals surface area (Å²) >= 11 is 1.33. The molecule has 1 heterocycles. The maximum absolute atomic E-state index is 11.6. The molecule has 0 saturated heterocycles. The van der Waals surface area contributed by atoms with Crippen LogP contribution in [0.5, 0.6) is 0 Å². The Kier molecular flexibility index (Phi) is 5.05. The van der Waals surface area contributed by atoms with Gasteiger partial charge in [0.25, 0.3) is 5.91 Å². The summed E-state index contributed by atoms with van der Waals surface area (Å²) in [5, 5.41) is 4.96. The molecule has 1 aromatic rings. The van der Waals surface area contributed by atoms with Crippen LogP contribution in [0.1, 0.15) is 22.4 Å². The Morgan fingerprint density at radius 3 is 2.88 bits per heavy atom. The summed E-state index contributed by atoms with van der Waals surface area (Å²) < 4.78 is 4.55. The second-order valence-corrected chi connectivity index (χ2v) is 4.41.